The number of rotatable bonds is 0. The third kappa shape index (κ3) is 0.644. The Balaban J connectivity index is 2.06. The van der Waals surface area contributed by atoms with Gasteiger partial charge < -0.3 is 5.73 Å². The Kier molecular flexibility index (Phi) is 1.10. The molecule has 1 heteroatoms. The minimum absolute atomic E-state index is 0.562. The van der Waals surface area contributed by atoms with E-state index in [2.05, 4.69) is 6.92 Å². The van der Waals surface area contributed by atoms with Crippen molar-refractivity contribution in [2.45, 2.75) is 32.2 Å². The second-order valence-electron chi connectivity index (χ2n) is 3.79. The summed E-state index contributed by atoms with van der Waals surface area (Å²) in [5.74, 6) is 2.86. The number of fused-ring (bicyclic) bond motifs is 1. The van der Waals surface area contributed by atoms with Crippen LogP contribution < -0.4 is 5.73 Å². The lowest BCUT2D eigenvalue weighted by Gasteiger charge is -2.40. The van der Waals surface area contributed by atoms with Crippen molar-refractivity contribution < 1.29 is 0 Å². The van der Waals surface area contributed by atoms with E-state index in [0.717, 1.165) is 17.8 Å². The van der Waals surface area contributed by atoms with Crippen molar-refractivity contribution in [2.75, 3.05) is 0 Å². The molecule has 2 N–H and O–H groups in total. The SMILES string of the molecule is C[C@@H]1CC[C@@H]2CC(N)C21. The number of nitrogens with two attached hydrogens (primary N) is 1. The summed E-state index contributed by atoms with van der Waals surface area (Å²) in [6.45, 7) is 2.35. The van der Waals surface area contributed by atoms with E-state index in [1.165, 1.54) is 19.3 Å². The number of hydrogen-bond acceptors (Lipinski definition) is 1. The van der Waals surface area contributed by atoms with E-state index in [4.69, 9.17) is 5.73 Å². The normalized spacial score (nSPS) is 56.7. The highest BCUT2D eigenvalue weighted by atomic mass is 14.7. The van der Waals surface area contributed by atoms with E-state index in [0.29, 0.717) is 6.04 Å². The van der Waals surface area contributed by atoms with Crippen molar-refractivity contribution in [3.8, 4) is 0 Å². The molecule has 1 nitrogen and oxygen atoms in total. The average Bonchev–Trinajstić information content (AvgIpc) is 2.04. The smallest absolute Gasteiger partial charge is 0.00751 e. The van der Waals surface area contributed by atoms with E-state index < -0.39 is 0 Å². The Morgan fingerprint density at radius 1 is 1.33 bits per heavy atom. The molecule has 0 heterocycles. The molecule has 0 saturated heterocycles. The fraction of sp³-hybridized carbons (Fsp3) is 1.00. The molecule has 4 atom stereocenters. The molecule has 0 spiro atoms. The Morgan fingerprint density at radius 2 is 2.11 bits per heavy atom. The predicted octanol–water partition coefficient (Wildman–Crippen LogP) is 1.38. The van der Waals surface area contributed by atoms with Crippen LogP contribution in [0.4, 0.5) is 0 Å². The summed E-state index contributed by atoms with van der Waals surface area (Å²) in [6, 6.07) is 0.562. The molecule has 2 aliphatic rings. The summed E-state index contributed by atoms with van der Waals surface area (Å²) in [4.78, 5) is 0. The zero-order valence-corrected chi connectivity index (χ0v) is 6.01. The second-order valence-corrected chi connectivity index (χ2v) is 3.79. The first kappa shape index (κ1) is 5.72. The lowest BCUT2D eigenvalue weighted by Crippen LogP contribution is -2.46. The van der Waals surface area contributed by atoms with Crippen LogP contribution in [0.2, 0.25) is 0 Å². The molecule has 2 saturated carbocycles. The minimum Gasteiger partial charge on any atom is -0.327 e. The van der Waals surface area contributed by atoms with Gasteiger partial charge in [-0.2, -0.15) is 0 Å². The highest BCUT2D eigenvalue weighted by molar-refractivity contribution is 4.98. The van der Waals surface area contributed by atoms with Crippen LogP contribution in [-0.2, 0) is 0 Å². The quantitative estimate of drug-likeness (QED) is 0.520. The maximum atomic E-state index is 5.85. The van der Waals surface area contributed by atoms with Gasteiger partial charge in [-0.1, -0.05) is 13.3 Å². The molecule has 0 radical (unpaired) electrons. The summed E-state index contributed by atoms with van der Waals surface area (Å²) in [6.07, 6.45) is 4.21. The van der Waals surface area contributed by atoms with Crippen molar-refractivity contribution in [3.05, 3.63) is 0 Å². The van der Waals surface area contributed by atoms with Gasteiger partial charge in [0.15, 0.2) is 0 Å². The van der Waals surface area contributed by atoms with Gasteiger partial charge in [0, 0.05) is 6.04 Å². The highest BCUT2D eigenvalue weighted by Gasteiger charge is 2.45. The zero-order chi connectivity index (χ0) is 6.43. The van der Waals surface area contributed by atoms with Crippen molar-refractivity contribution in [2.24, 2.45) is 23.5 Å². The van der Waals surface area contributed by atoms with Crippen LogP contribution in [0, 0.1) is 17.8 Å². The fourth-order valence-electron chi connectivity index (χ4n) is 2.68. The summed E-state index contributed by atoms with van der Waals surface area (Å²) in [7, 11) is 0. The molecule has 2 fully saturated rings. The summed E-state index contributed by atoms with van der Waals surface area (Å²) >= 11 is 0. The van der Waals surface area contributed by atoms with Gasteiger partial charge in [0.2, 0.25) is 0 Å². The van der Waals surface area contributed by atoms with E-state index in [-0.39, 0.29) is 0 Å². The van der Waals surface area contributed by atoms with E-state index in [9.17, 15) is 0 Å². The molecule has 2 aliphatic carbocycles. The average molecular weight is 125 g/mol. The van der Waals surface area contributed by atoms with Gasteiger partial charge in [-0.15, -0.1) is 0 Å². The van der Waals surface area contributed by atoms with Gasteiger partial charge >= 0.3 is 0 Å². The maximum Gasteiger partial charge on any atom is 0.00751 e. The van der Waals surface area contributed by atoms with Gasteiger partial charge in [-0.3, -0.25) is 0 Å². The van der Waals surface area contributed by atoms with Crippen LogP contribution in [0.25, 0.3) is 0 Å². The lowest BCUT2D eigenvalue weighted by molar-refractivity contribution is 0.138. The number of hydrogen-bond donors (Lipinski definition) is 1. The molecule has 0 aromatic heterocycles. The standard InChI is InChI=1S/C8H15N/c1-5-2-3-6-4-7(9)8(5)6/h5-8H,2-4,9H2,1H3/t5-,6-,7?,8?/m1/s1. The van der Waals surface area contributed by atoms with E-state index >= 15 is 0 Å². The van der Waals surface area contributed by atoms with Gasteiger partial charge in [0.25, 0.3) is 0 Å². The van der Waals surface area contributed by atoms with Crippen molar-refractivity contribution in [1.82, 2.24) is 0 Å². The molecule has 0 aromatic carbocycles. The van der Waals surface area contributed by atoms with Gasteiger partial charge in [-0.25, -0.2) is 0 Å². The van der Waals surface area contributed by atoms with Crippen LogP contribution in [0.1, 0.15) is 26.2 Å². The molecule has 0 aliphatic heterocycles. The zero-order valence-electron chi connectivity index (χ0n) is 6.01. The van der Waals surface area contributed by atoms with Crippen LogP contribution >= 0.6 is 0 Å². The van der Waals surface area contributed by atoms with Crippen molar-refractivity contribution in [3.63, 3.8) is 0 Å². The molecule has 0 bridgehead atoms. The largest absolute Gasteiger partial charge is 0.327 e. The predicted molar refractivity (Wildman–Crippen MR) is 38.0 cm³/mol. The third-order valence-corrected chi connectivity index (χ3v) is 3.26. The van der Waals surface area contributed by atoms with Crippen LogP contribution in [-0.4, -0.2) is 6.04 Å². The van der Waals surface area contributed by atoms with Crippen molar-refractivity contribution in [1.29, 1.82) is 0 Å². The molecular weight excluding hydrogens is 110 g/mol. The maximum absolute atomic E-state index is 5.85. The highest BCUT2D eigenvalue weighted by Crippen LogP contribution is 2.49. The molecule has 0 aromatic rings. The topological polar surface area (TPSA) is 26.0 Å². The summed E-state index contributed by atoms with van der Waals surface area (Å²) in [5.41, 5.74) is 5.85. The van der Waals surface area contributed by atoms with Gasteiger partial charge in [0.1, 0.15) is 0 Å². The van der Waals surface area contributed by atoms with E-state index in [1.54, 1.807) is 0 Å². The molecule has 2 unspecified atom stereocenters. The monoisotopic (exact) mass is 125 g/mol. The Labute approximate surface area is 56.6 Å². The van der Waals surface area contributed by atoms with Crippen LogP contribution in [0.3, 0.4) is 0 Å². The van der Waals surface area contributed by atoms with E-state index in [1.807, 2.05) is 0 Å². The molecule has 2 rings (SSSR count). The lowest BCUT2D eigenvalue weighted by atomic mass is 9.69. The van der Waals surface area contributed by atoms with Gasteiger partial charge in [0.05, 0.1) is 0 Å². The Bertz CT molecular complexity index is 113. The first-order chi connectivity index (χ1) is 4.29. The molecule has 52 valence electrons. The van der Waals surface area contributed by atoms with Crippen LogP contribution in [0.5, 0.6) is 0 Å². The van der Waals surface area contributed by atoms with Crippen molar-refractivity contribution >= 4 is 0 Å². The second kappa shape index (κ2) is 1.72. The Morgan fingerprint density at radius 3 is 2.56 bits per heavy atom. The van der Waals surface area contributed by atoms with Crippen LogP contribution in [0.15, 0.2) is 0 Å². The van der Waals surface area contributed by atoms with Gasteiger partial charge in [-0.05, 0) is 30.6 Å². The third-order valence-electron chi connectivity index (χ3n) is 3.26. The summed E-state index contributed by atoms with van der Waals surface area (Å²) in [5, 5.41) is 0. The molecular formula is C8H15N. The first-order valence-electron chi connectivity index (χ1n) is 4.04. The molecule has 0 amide bonds. The molecule has 9 heavy (non-hydrogen) atoms. The summed E-state index contributed by atoms with van der Waals surface area (Å²) < 4.78 is 0. The Hall–Kier alpha value is -0.0400. The first-order valence-corrected chi connectivity index (χ1v) is 4.04. The fourth-order valence-corrected chi connectivity index (χ4v) is 2.68. The minimum atomic E-state index is 0.562.